The maximum Gasteiger partial charge on any atom is 0.277 e. The smallest absolute Gasteiger partial charge is 0.277 e. The van der Waals surface area contributed by atoms with E-state index in [-0.39, 0.29) is 19.3 Å². The average Bonchev–Trinajstić information content (AvgIpc) is 3.13. The van der Waals surface area contributed by atoms with Gasteiger partial charge in [0, 0.05) is 11.6 Å². The van der Waals surface area contributed by atoms with Crippen LogP contribution in [-0.2, 0) is 4.79 Å². The fraction of sp³-hybridized carbons (Fsp3) is 0.100. The van der Waals surface area contributed by atoms with Gasteiger partial charge in [-0.2, -0.15) is 5.10 Å². The zero-order valence-electron chi connectivity index (χ0n) is 14.1. The van der Waals surface area contributed by atoms with Crippen molar-refractivity contribution in [3.63, 3.8) is 0 Å². The van der Waals surface area contributed by atoms with Crippen LogP contribution in [0.2, 0.25) is 5.02 Å². The highest BCUT2D eigenvalue weighted by Gasteiger charge is 2.15. The molecule has 6 nitrogen and oxygen atoms in total. The van der Waals surface area contributed by atoms with Crippen LogP contribution in [0.1, 0.15) is 5.56 Å². The summed E-state index contributed by atoms with van der Waals surface area (Å²) < 4.78 is 16.0. The summed E-state index contributed by atoms with van der Waals surface area (Å²) in [4.78, 5) is 11.9. The minimum Gasteiger partial charge on any atom is -0.484 e. The molecule has 0 radical (unpaired) electrons. The van der Waals surface area contributed by atoms with Crippen molar-refractivity contribution < 1.29 is 19.0 Å². The van der Waals surface area contributed by atoms with E-state index >= 15 is 0 Å². The number of carbonyl (C=O) groups is 1. The van der Waals surface area contributed by atoms with Crippen molar-refractivity contribution in [1.82, 2.24) is 5.43 Å². The normalized spacial score (nSPS) is 12.5. The van der Waals surface area contributed by atoms with Crippen molar-refractivity contribution in [3.8, 4) is 17.2 Å². The number of halogens is 1. The monoisotopic (exact) mass is 382 g/mol. The van der Waals surface area contributed by atoms with Crippen LogP contribution in [-0.4, -0.2) is 25.5 Å². The highest BCUT2D eigenvalue weighted by molar-refractivity contribution is 6.33. The highest BCUT2D eigenvalue weighted by Crippen LogP contribution is 2.36. The van der Waals surface area contributed by atoms with Crippen LogP contribution in [0.3, 0.4) is 0 Å². The van der Waals surface area contributed by atoms with E-state index in [2.05, 4.69) is 10.5 Å². The summed E-state index contributed by atoms with van der Waals surface area (Å²) in [6.45, 7) is 0.0135. The maximum atomic E-state index is 11.9. The summed E-state index contributed by atoms with van der Waals surface area (Å²) in [5.74, 6) is 1.42. The highest BCUT2D eigenvalue weighted by atomic mass is 35.5. The Hall–Kier alpha value is -3.25. The summed E-state index contributed by atoms with van der Waals surface area (Å²) >= 11 is 6.15. The van der Waals surface area contributed by atoms with E-state index in [4.69, 9.17) is 25.8 Å². The molecule has 7 heteroatoms. The van der Waals surface area contributed by atoms with Crippen LogP contribution < -0.4 is 19.6 Å². The minimum absolute atomic E-state index is 0.148. The Labute approximate surface area is 160 Å². The Morgan fingerprint density at radius 3 is 2.74 bits per heavy atom. The summed E-state index contributed by atoms with van der Waals surface area (Å²) in [5.41, 5.74) is 3.02. The first-order chi connectivity index (χ1) is 13.2. The van der Waals surface area contributed by atoms with Crippen molar-refractivity contribution in [2.45, 2.75) is 0 Å². The molecule has 0 spiro atoms. The van der Waals surface area contributed by atoms with Crippen molar-refractivity contribution in [2.24, 2.45) is 5.10 Å². The van der Waals surface area contributed by atoms with Gasteiger partial charge in [0.15, 0.2) is 18.1 Å². The molecule has 136 valence electrons. The second-order valence-corrected chi connectivity index (χ2v) is 6.22. The summed E-state index contributed by atoms with van der Waals surface area (Å²) in [7, 11) is 0. The van der Waals surface area contributed by atoms with Gasteiger partial charge < -0.3 is 14.2 Å². The SMILES string of the molecule is O=C(COc1ccc2ccccc2c1)NN=Cc1cc2c(cc1Cl)OCO2. The van der Waals surface area contributed by atoms with Gasteiger partial charge in [0.2, 0.25) is 6.79 Å². The van der Waals surface area contributed by atoms with Crippen LogP contribution in [0.4, 0.5) is 0 Å². The number of benzene rings is 3. The molecule has 0 saturated carbocycles. The summed E-state index contributed by atoms with van der Waals surface area (Å²) in [6.07, 6.45) is 1.44. The molecule has 0 saturated heterocycles. The number of nitrogens with one attached hydrogen (secondary N) is 1. The van der Waals surface area contributed by atoms with Gasteiger partial charge in [0.25, 0.3) is 5.91 Å². The molecule has 1 aliphatic rings. The molecular weight excluding hydrogens is 368 g/mol. The zero-order chi connectivity index (χ0) is 18.6. The Bertz CT molecular complexity index is 1040. The molecule has 3 aromatic rings. The molecule has 1 amide bonds. The maximum absolute atomic E-state index is 11.9. The second-order valence-electron chi connectivity index (χ2n) is 5.82. The van der Waals surface area contributed by atoms with Crippen molar-refractivity contribution >= 4 is 34.5 Å². The van der Waals surface area contributed by atoms with E-state index in [1.807, 2.05) is 42.5 Å². The predicted octanol–water partition coefficient (Wildman–Crippen LogP) is 3.75. The van der Waals surface area contributed by atoms with E-state index in [0.717, 1.165) is 10.8 Å². The number of hydrazone groups is 1. The molecule has 0 atom stereocenters. The summed E-state index contributed by atoms with van der Waals surface area (Å²) in [5, 5.41) is 6.51. The molecular formula is C20H15ClN2O4. The molecule has 1 aliphatic heterocycles. The molecule has 0 bridgehead atoms. The van der Waals surface area contributed by atoms with Crippen molar-refractivity contribution in [1.29, 1.82) is 0 Å². The number of amides is 1. The van der Waals surface area contributed by atoms with Gasteiger partial charge in [-0.25, -0.2) is 5.43 Å². The molecule has 4 rings (SSSR count). The van der Waals surface area contributed by atoms with Gasteiger partial charge in [-0.3, -0.25) is 4.79 Å². The van der Waals surface area contributed by atoms with Crippen LogP contribution in [0.25, 0.3) is 10.8 Å². The molecule has 0 fully saturated rings. The molecule has 0 aromatic heterocycles. The molecule has 3 aromatic carbocycles. The van der Waals surface area contributed by atoms with Gasteiger partial charge in [-0.05, 0) is 29.0 Å². The van der Waals surface area contributed by atoms with Gasteiger partial charge in [0.05, 0.1) is 11.2 Å². The van der Waals surface area contributed by atoms with E-state index in [1.165, 1.54) is 6.21 Å². The van der Waals surface area contributed by atoms with Gasteiger partial charge in [-0.1, -0.05) is 41.9 Å². The van der Waals surface area contributed by atoms with Crippen LogP contribution in [0.15, 0.2) is 59.7 Å². The topological polar surface area (TPSA) is 69.2 Å². The average molecular weight is 383 g/mol. The third-order valence-corrected chi connectivity index (χ3v) is 4.30. The number of hydrogen-bond donors (Lipinski definition) is 1. The fourth-order valence-corrected chi connectivity index (χ4v) is 2.85. The number of nitrogens with zero attached hydrogens (tertiary/aromatic N) is 1. The molecule has 1 heterocycles. The zero-order valence-corrected chi connectivity index (χ0v) is 14.9. The van der Waals surface area contributed by atoms with Gasteiger partial charge >= 0.3 is 0 Å². The van der Waals surface area contributed by atoms with E-state index in [9.17, 15) is 4.79 Å². The Morgan fingerprint density at radius 1 is 1.11 bits per heavy atom. The minimum atomic E-state index is -0.378. The lowest BCUT2D eigenvalue weighted by Crippen LogP contribution is -2.24. The first-order valence-electron chi connectivity index (χ1n) is 8.22. The van der Waals surface area contributed by atoms with Crippen LogP contribution >= 0.6 is 11.6 Å². The first-order valence-corrected chi connectivity index (χ1v) is 8.59. The molecule has 0 unspecified atom stereocenters. The van der Waals surface area contributed by atoms with Crippen LogP contribution in [0, 0.1) is 0 Å². The molecule has 27 heavy (non-hydrogen) atoms. The Morgan fingerprint density at radius 2 is 1.89 bits per heavy atom. The lowest BCUT2D eigenvalue weighted by atomic mass is 10.1. The molecule has 0 aliphatic carbocycles. The number of hydrogen-bond acceptors (Lipinski definition) is 5. The standard InChI is InChI=1S/C20H15ClN2O4/c21-17-9-19-18(26-12-27-19)8-15(17)10-22-23-20(24)11-25-16-6-5-13-3-1-2-4-14(13)7-16/h1-10H,11-12H2,(H,23,24). The summed E-state index contributed by atoms with van der Waals surface area (Å²) in [6, 6.07) is 16.9. The molecule has 1 N–H and O–H groups in total. The van der Waals surface area contributed by atoms with Crippen molar-refractivity contribution in [3.05, 3.63) is 65.2 Å². The first kappa shape index (κ1) is 17.2. The third-order valence-electron chi connectivity index (χ3n) is 3.98. The number of fused-ring (bicyclic) bond motifs is 2. The number of rotatable bonds is 5. The Balaban J connectivity index is 1.33. The van der Waals surface area contributed by atoms with Crippen molar-refractivity contribution in [2.75, 3.05) is 13.4 Å². The third kappa shape index (κ3) is 3.96. The predicted molar refractivity (Wildman–Crippen MR) is 103 cm³/mol. The fourth-order valence-electron chi connectivity index (χ4n) is 2.64. The van der Waals surface area contributed by atoms with E-state index < -0.39 is 0 Å². The van der Waals surface area contributed by atoms with E-state index in [1.54, 1.807) is 12.1 Å². The lowest BCUT2D eigenvalue weighted by molar-refractivity contribution is -0.123. The quantitative estimate of drug-likeness (QED) is 0.539. The van der Waals surface area contributed by atoms with Gasteiger partial charge in [0.1, 0.15) is 5.75 Å². The second kappa shape index (κ2) is 7.55. The Kier molecular flexibility index (Phi) is 4.80. The number of ether oxygens (including phenoxy) is 3. The van der Waals surface area contributed by atoms with Gasteiger partial charge in [-0.15, -0.1) is 0 Å². The van der Waals surface area contributed by atoms with Crippen LogP contribution in [0.5, 0.6) is 17.2 Å². The lowest BCUT2D eigenvalue weighted by Gasteiger charge is -2.06. The number of carbonyl (C=O) groups excluding carboxylic acids is 1. The largest absolute Gasteiger partial charge is 0.484 e. The van der Waals surface area contributed by atoms with E-state index in [0.29, 0.717) is 27.8 Å².